The molecule has 2 rings (SSSR count). The molecule has 1 aliphatic heterocycles. The van der Waals surface area contributed by atoms with Crippen LogP contribution < -0.4 is 5.32 Å². The highest BCUT2D eigenvalue weighted by atomic mass is 16.7. The Hall–Kier alpha value is -1.73. The summed E-state index contributed by atoms with van der Waals surface area (Å²) in [5.41, 5.74) is 0.600. The van der Waals surface area contributed by atoms with Crippen LogP contribution in [0.15, 0.2) is 12.3 Å². The second kappa shape index (κ2) is 5.50. The second-order valence-corrected chi connectivity index (χ2v) is 4.59. The molecule has 19 heavy (non-hydrogen) atoms. The summed E-state index contributed by atoms with van der Waals surface area (Å²) in [6.45, 7) is 5.21. The van der Waals surface area contributed by atoms with E-state index < -0.39 is 10.7 Å². The smallest absolute Gasteiger partial charge is 0.314 e. The van der Waals surface area contributed by atoms with Crippen molar-refractivity contribution in [2.75, 3.05) is 25.1 Å². The first-order chi connectivity index (χ1) is 9.02. The molecule has 7 heteroatoms. The highest BCUT2D eigenvalue weighted by Gasteiger charge is 2.30. The van der Waals surface area contributed by atoms with Gasteiger partial charge in [0.25, 0.3) is 0 Å². The number of nitro groups is 1. The standard InChI is InChI=1S/C12H17N3O4/c1-9-3-5-13-11(10(9)15(16)17)14-6-4-12(2)18-7-8-19-12/h3,5H,4,6-8H2,1-2H3,(H,13,14). The number of aromatic nitrogens is 1. The van der Waals surface area contributed by atoms with E-state index >= 15 is 0 Å². The first kappa shape index (κ1) is 13.7. The van der Waals surface area contributed by atoms with Gasteiger partial charge < -0.3 is 14.8 Å². The number of pyridine rings is 1. The van der Waals surface area contributed by atoms with Gasteiger partial charge in [0.05, 0.1) is 18.1 Å². The van der Waals surface area contributed by atoms with E-state index in [0.717, 1.165) is 0 Å². The minimum Gasteiger partial charge on any atom is -0.364 e. The number of ether oxygens (including phenoxy) is 2. The van der Waals surface area contributed by atoms with Crippen molar-refractivity contribution in [3.63, 3.8) is 0 Å². The number of aryl methyl sites for hydroxylation is 1. The van der Waals surface area contributed by atoms with Gasteiger partial charge >= 0.3 is 5.69 Å². The lowest BCUT2D eigenvalue weighted by Gasteiger charge is -2.22. The van der Waals surface area contributed by atoms with Crippen LogP contribution in [0.4, 0.5) is 11.5 Å². The molecule has 0 unspecified atom stereocenters. The fourth-order valence-corrected chi connectivity index (χ4v) is 2.02. The predicted octanol–water partition coefficient (Wildman–Crippen LogP) is 1.86. The summed E-state index contributed by atoms with van der Waals surface area (Å²) in [6.07, 6.45) is 2.15. The van der Waals surface area contributed by atoms with Crippen molar-refractivity contribution < 1.29 is 14.4 Å². The quantitative estimate of drug-likeness (QED) is 0.647. The van der Waals surface area contributed by atoms with Gasteiger partial charge in [-0.3, -0.25) is 10.1 Å². The van der Waals surface area contributed by atoms with Crippen molar-refractivity contribution in [2.24, 2.45) is 0 Å². The van der Waals surface area contributed by atoms with Gasteiger partial charge in [-0.25, -0.2) is 4.98 Å². The molecule has 0 atom stereocenters. The van der Waals surface area contributed by atoms with Crippen LogP contribution in [-0.4, -0.2) is 35.5 Å². The summed E-state index contributed by atoms with van der Waals surface area (Å²) in [6, 6.07) is 1.62. The van der Waals surface area contributed by atoms with Crippen molar-refractivity contribution in [3.05, 3.63) is 27.9 Å². The van der Waals surface area contributed by atoms with Gasteiger partial charge in [-0.15, -0.1) is 0 Å². The van der Waals surface area contributed by atoms with Crippen LogP contribution >= 0.6 is 0 Å². The van der Waals surface area contributed by atoms with E-state index in [1.807, 2.05) is 6.92 Å². The molecule has 0 radical (unpaired) electrons. The van der Waals surface area contributed by atoms with Crippen LogP contribution in [0.1, 0.15) is 18.9 Å². The Kier molecular flexibility index (Phi) is 3.96. The number of rotatable bonds is 5. The number of hydrogen-bond donors (Lipinski definition) is 1. The third-order valence-corrected chi connectivity index (χ3v) is 3.08. The number of nitrogens with zero attached hydrogens (tertiary/aromatic N) is 2. The molecule has 0 amide bonds. The van der Waals surface area contributed by atoms with Gasteiger partial charge in [0.15, 0.2) is 5.79 Å². The van der Waals surface area contributed by atoms with Gasteiger partial charge in [0.2, 0.25) is 5.82 Å². The molecular weight excluding hydrogens is 250 g/mol. The largest absolute Gasteiger partial charge is 0.364 e. The van der Waals surface area contributed by atoms with Gasteiger partial charge in [-0.1, -0.05) is 0 Å². The highest BCUT2D eigenvalue weighted by molar-refractivity contribution is 5.59. The van der Waals surface area contributed by atoms with Crippen LogP contribution in [0.3, 0.4) is 0 Å². The lowest BCUT2D eigenvalue weighted by molar-refractivity contribution is -0.384. The average molecular weight is 267 g/mol. The minimum atomic E-state index is -0.606. The zero-order valence-electron chi connectivity index (χ0n) is 11.0. The fraction of sp³-hybridized carbons (Fsp3) is 0.583. The SMILES string of the molecule is Cc1ccnc(NCCC2(C)OCCO2)c1[N+](=O)[O-]. The first-order valence-electron chi connectivity index (χ1n) is 6.14. The zero-order chi connectivity index (χ0) is 13.9. The van der Waals surface area contributed by atoms with Crippen LogP contribution in [0.2, 0.25) is 0 Å². The third-order valence-electron chi connectivity index (χ3n) is 3.08. The molecule has 0 aromatic carbocycles. The Morgan fingerprint density at radius 1 is 1.53 bits per heavy atom. The van der Waals surface area contributed by atoms with E-state index in [1.54, 1.807) is 19.2 Å². The molecule has 1 saturated heterocycles. The van der Waals surface area contributed by atoms with Crippen LogP contribution in [0.5, 0.6) is 0 Å². The first-order valence-corrected chi connectivity index (χ1v) is 6.14. The maximum atomic E-state index is 11.0. The molecule has 1 aromatic heterocycles. The number of hydrogen-bond acceptors (Lipinski definition) is 6. The topological polar surface area (TPSA) is 86.5 Å². The lowest BCUT2D eigenvalue weighted by Crippen LogP contribution is -2.28. The van der Waals surface area contributed by atoms with Crippen molar-refractivity contribution in [1.29, 1.82) is 0 Å². The van der Waals surface area contributed by atoms with E-state index in [0.29, 0.717) is 31.7 Å². The summed E-state index contributed by atoms with van der Waals surface area (Å²) in [5.74, 6) is -0.322. The van der Waals surface area contributed by atoms with Crippen LogP contribution in [-0.2, 0) is 9.47 Å². The molecule has 104 valence electrons. The summed E-state index contributed by atoms with van der Waals surface area (Å²) in [4.78, 5) is 14.6. The molecule has 0 aliphatic carbocycles. The highest BCUT2D eigenvalue weighted by Crippen LogP contribution is 2.27. The zero-order valence-corrected chi connectivity index (χ0v) is 11.0. The van der Waals surface area contributed by atoms with Gasteiger partial charge in [0.1, 0.15) is 0 Å². The molecule has 0 bridgehead atoms. The molecule has 1 aromatic rings. The van der Waals surface area contributed by atoms with Crippen molar-refractivity contribution >= 4 is 11.5 Å². The molecule has 0 spiro atoms. The average Bonchev–Trinajstić information content (AvgIpc) is 2.76. The molecule has 7 nitrogen and oxygen atoms in total. The van der Waals surface area contributed by atoms with Crippen LogP contribution in [0, 0.1) is 17.0 Å². The van der Waals surface area contributed by atoms with E-state index in [1.165, 1.54) is 0 Å². The summed E-state index contributed by atoms with van der Waals surface area (Å²) in [7, 11) is 0. The monoisotopic (exact) mass is 267 g/mol. The van der Waals surface area contributed by atoms with E-state index in [-0.39, 0.29) is 11.5 Å². The van der Waals surface area contributed by atoms with E-state index in [9.17, 15) is 10.1 Å². The fourth-order valence-electron chi connectivity index (χ4n) is 2.02. The normalized spacial score (nSPS) is 17.4. The van der Waals surface area contributed by atoms with Gasteiger partial charge in [-0.2, -0.15) is 0 Å². The van der Waals surface area contributed by atoms with E-state index in [2.05, 4.69) is 10.3 Å². The van der Waals surface area contributed by atoms with Crippen molar-refractivity contribution in [1.82, 2.24) is 4.98 Å². The number of anilines is 1. The molecule has 1 N–H and O–H groups in total. The minimum absolute atomic E-state index is 0.0147. The maximum absolute atomic E-state index is 11.0. The Morgan fingerprint density at radius 3 is 2.84 bits per heavy atom. The van der Waals surface area contributed by atoms with Crippen molar-refractivity contribution in [2.45, 2.75) is 26.1 Å². The lowest BCUT2D eigenvalue weighted by atomic mass is 10.2. The number of nitrogens with one attached hydrogen (secondary N) is 1. The summed E-state index contributed by atoms with van der Waals surface area (Å²) >= 11 is 0. The molecule has 0 saturated carbocycles. The Labute approximate surface area is 111 Å². The summed E-state index contributed by atoms with van der Waals surface area (Å²) < 4.78 is 10.9. The predicted molar refractivity (Wildman–Crippen MR) is 69.0 cm³/mol. The van der Waals surface area contributed by atoms with Crippen LogP contribution in [0.25, 0.3) is 0 Å². The van der Waals surface area contributed by atoms with E-state index in [4.69, 9.17) is 9.47 Å². The third kappa shape index (κ3) is 3.18. The van der Waals surface area contributed by atoms with Gasteiger partial charge in [0, 0.05) is 24.7 Å². The summed E-state index contributed by atoms with van der Waals surface area (Å²) in [5, 5.41) is 14.0. The van der Waals surface area contributed by atoms with Crippen molar-refractivity contribution in [3.8, 4) is 0 Å². The second-order valence-electron chi connectivity index (χ2n) is 4.59. The Balaban J connectivity index is 2.00. The molecule has 1 fully saturated rings. The molecular formula is C12H17N3O4. The molecule has 1 aliphatic rings. The van der Waals surface area contributed by atoms with Gasteiger partial charge in [-0.05, 0) is 19.9 Å². The Bertz CT molecular complexity index is 472. The Morgan fingerprint density at radius 2 is 2.21 bits per heavy atom. The maximum Gasteiger partial charge on any atom is 0.314 e. The molecule has 2 heterocycles.